The number of ether oxygens (including phenoxy) is 2. The van der Waals surface area contributed by atoms with Crippen molar-refractivity contribution in [1.82, 2.24) is 4.90 Å². The van der Waals surface area contributed by atoms with Crippen molar-refractivity contribution in [3.05, 3.63) is 53.6 Å². The van der Waals surface area contributed by atoms with Gasteiger partial charge >= 0.3 is 12.0 Å². The number of rotatable bonds is 9. The van der Waals surface area contributed by atoms with Crippen molar-refractivity contribution in [2.24, 2.45) is 5.92 Å². The summed E-state index contributed by atoms with van der Waals surface area (Å²) in [6.07, 6.45) is 4.93. The Balaban J connectivity index is 1.30. The van der Waals surface area contributed by atoms with E-state index in [1.165, 1.54) is 7.11 Å². The molecule has 0 bridgehead atoms. The van der Waals surface area contributed by atoms with E-state index in [0.717, 1.165) is 42.5 Å². The van der Waals surface area contributed by atoms with Gasteiger partial charge in [-0.2, -0.15) is 0 Å². The Kier molecular flexibility index (Phi) is 9.23. The molecule has 0 unspecified atom stereocenters. The minimum Gasteiger partial charge on any atom is -0.495 e. The van der Waals surface area contributed by atoms with Gasteiger partial charge in [-0.05, 0) is 74.8 Å². The molecule has 1 heterocycles. The third-order valence-corrected chi connectivity index (χ3v) is 7.51. The van der Waals surface area contributed by atoms with E-state index in [0.29, 0.717) is 37.4 Å². The molecule has 1 saturated heterocycles. The average Bonchev–Trinajstić information content (AvgIpc) is 3.39. The van der Waals surface area contributed by atoms with Crippen LogP contribution in [0.15, 0.2) is 42.5 Å². The van der Waals surface area contributed by atoms with Crippen LogP contribution >= 0.6 is 0 Å². The lowest BCUT2D eigenvalue weighted by Gasteiger charge is -2.30. The van der Waals surface area contributed by atoms with Gasteiger partial charge in [-0.15, -0.1) is 0 Å². The van der Waals surface area contributed by atoms with Gasteiger partial charge in [0.15, 0.2) is 0 Å². The number of nitrogens with zero attached hydrogens (tertiary/aromatic N) is 1. The minimum absolute atomic E-state index is 0.0331. The molecule has 38 heavy (non-hydrogen) atoms. The third kappa shape index (κ3) is 7.04. The predicted molar refractivity (Wildman–Crippen MR) is 145 cm³/mol. The van der Waals surface area contributed by atoms with Crippen molar-refractivity contribution < 1.29 is 29.0 Å². The van der Waals surface area contributed by atoms with Gasteiger partial charge in [-0.25, -0.2) is 4.79 Å². The number of aryl methyl sites for hydroxylation is 1. The van der Waals surface area contributed by atoms with E-state index in [4.69, 9.17) is 9.47 Å². The van der Waals surface area contributed by atoms with Crippen molar-refractivity contribution >= 4 is 29.3 Å². The van der Waals surface area contributed by atoms with Gasteiger partial charge < -0.3 is 30.1 Å². The summed E-state index contributed by atoms with van der Waals surface area (Å²) in [7, 11) is 1.53. The molecule has 9 nitrogen and oxygen atoms in total. The van der Waals surface area contributed by atoms with Gasteiger partial charge in [-0.1, -0.05) is 24.3 Å². The molecule has 3 amide bonds. The number of amides is 3. The molecule has 1 aliphatic carbocycles. The zero-order valence-electron chi connectivity index (χ0n) is 22.1. The van der Waals surface area contributed by atoms with Crippen LogP contribution in [-0.2, 0) is 20.7 Å². The number of methoxy groups -OCH3 is 1. The van der Waals surface area contributed by atoms with E-state index in [1.807, 2.05) is 42.2 Å². The number of carbonyl (C=O) groups excluding carboxylic acids is 2. The molecule has 2 aromatic rings. The molecular weight excluding hydrogens is 486 g/mol. The maximum absolute atomic E-state index is 13.2. The van der Waals surface area contributed by atoms with E-state index in [-0.39, 0.29) is 36.4 Å². The first-order valence-corrected chi connectivity index (χ1v) is 13.3. The Morgan fingerprint density at radius 3 is 2.45 bits per heavy atom. The highest BCUT2D eigenvalue weighted by molar-refractivity contribution is 6.01. The van der Waals surface area contributed by atoms with Crippen molar-refractivity contribution in [2.75, 3.05) is 30.9 Å². The number of nitrogens with one attached hydrogen (secondary N) is 2. The highest BCUT2D eigenvalue weighted by Crippen LogP contribution is 2.29. The van der Waals surface area contributed by atoms with Crippen LogP contribution in [0.4, 0.5) is 16.2 Å². The fourth-order valence-corrected chi connectivity index (χ4v) is 5.27. The SMILES string of the molecule is COc1cc(CC(=O)N2CCC[C@H]2COC2CCC(C(=O)O)CC2)ccc1NC(=O)Nc1ccccc1C. The molecule has 0 spiro atoms. The number of urea groups is 1. The van der Waals surface area contributed by atoms with E-state index < -0.39 is 5.97 Å². The zero-order chi connectivity index (χ0) is 27.1. The first-order chi connectivity index (χ1) is 18.3. The molecule has 0 aromatic heterocycles. The molecule has 0 radical (unpaired) electrons. The van der Waals surface area contributed by atoms with Gasteiger partial charge in [0.1, 0.15) is 5.75 Å². The number of likely N-dealkylation sites (tertiary alicyclic amines) is 1. The van der Waals surface area contributed by atoms with Crippen molar-refractivity contribution in [3.8, 4) is 5.75 Å². The number of carboxylic acid groups (broad SMARTS) is 1. The summed E-state index contributed by atoms with van der Waals surface area (Å²) >= 11 is 0. The molecule has 3 N–H and O–H groups in total. The number of aliphatic carboxylic acids is 1. The highest BCUT2D eigenvalue weighted by atomic mass is 16.5. The van der Waals surface area contributed by atoms with Gasteiger partial charge in [0.25, 0.3) is 0 Å². The summed E-state index contributed by atoms with van der Waals surface area (Å²) in [5.41, 5.74) is 3.00. The first kappa shape index (κ1) is 27.4. The maximum Gasteiger partial charge on any atom is 0.323 e. The molecule has 204 valence electrons. The van der Waals surface area contributed by atoms with Crippen LogP contribution in [0.3, 0.4) is 0 Å². The van der Waals surface area contributed by atoms with Gasteiger partial charge in [-0.3, -0.25) is 9.59 Å². The second-order valence-corrected chi connectivity index (χ2v) is 10.1. The van der Waals surface area contributed by atoms with E-state index in [9.17, 15) is 19.5 Å². The quantitative estimate of drug-likeness (QED) is 0.433. The zero-order valence-corrected chi connectivity index (χ0v) is 22.1. The summed E-state index contributed by atoms with van der Waals surface area (Å²) in [6, 6.07) is 12.5. The number of hydrogen-bond donors (Lipinski definition) is 3. The van der Waals surface area contributed by atoms with E-state index in [1.54, 1.807) is 12.1 Å². The van der Waals surface area contributed by atoms with Crippen LogP contribution in [0.2, 0.25) is 0 Å². The van der Waals surface area contributed by atoms with Crippen molar-refractivity contribution in [2.45, 2.75) is 64.0 Å². The van der Waals surface area contributed by atoms with Gasteiger partial charge in [0.2, 0.25) is 5.91 Å². The van der Waals surface area contributed by atoms with Crippen LogP contribution in [-0.4, -0.2) is 60.3 Å². The summed E-state index contributed by atoms with van der Waals surface area (Å²) < 4.78 is 11.6. The lowest BCUT2D eigenvalue weighted by Crippen LogP contribution is -2.40. The standard InChI is InChI=1S/C29H37N3O6/c1-19-6-3-4-8-24(19)30-29(36)31-25-14-9-20(16-26(25)37-2)17-27(33)32-15-5-7-22(32)18-38-23-12-10-21(11-13-23)28(34)35/h3-4,6,8-9,14,16,21-23H,5,7,10-13,15,17-18H2,1-2H3,(H,34,35)(H2,30,31,36)/t21?,22-,23?/m0/s1. The Morgan fingerprint density at radius 2 is 1.74 bits per heavy atom. The first-order valence-electron chi connectivity index (χ1n) is 13.3. The lowest BCUT2D eigenvalue weighted by molar-refractivity contribution is -0.144. The lowest BCUT2D eigenvalue weighted by atomic mass is 9.87. The summed E-state index contributed by atoms with van der Waals surface area (Å²) in [5.74, 6) is -0.471. The summed E-state index contributed by atoms with van der Waals surface area (Å²) in [5, 5.41) is 14.8. The van der Waals surface area contributed by atoms with Crippen LogP contribution in [0, 0.1) is 12.8 Å². The Labute approximate surface area is 223 Å². The second kappa shape index (κ2) is 12.8. The van der Waals surface area contributed by atoms with Crippen molar-refractivity contribution in [3.63, 3.8) is 0 Å². The molecular formula is C29H37N3O6. The largest absolute Gasteiger partial charge is 0.495 e. The smallest absolute Gasteiger partial charge is 0.323 e. The van der Waals surface area contributed by atoms with Crippen LogP contribution in [0.1, 0.15) is 49.7 Å². The van der Waals surface area contributed by atoms with Crippen LogP contribution < -0.4 is 15.4 Å². The maximum atomic E-state index is 13.2. The van der Waals surface area contributed by atoms with Crippen LogP contribution in [0.5, 0.6) is 5.75 Å². The molecule has 9 heteroatoms. The molecule has 2 aromatic carbocycles. The Bertz CT molecular complexity index is 1140. The number of benzene rings is 2. The molecule has 1 atom stereocenters. The molecule has 2 fully saturated rings. The Hall–Kier alpha value is -3.59. The highest BCUT2D eigenvalue weighted by Gasteiger charge is 2.31. The number of para-hydroxylation sites is 1. The molecule has 2 aliphatic rings. The number of hydrogen-bond acceptors (Lipinski definition) is 5. The van der Waals surface area contributed by atoms with Gasteiger partial charge in [0.05, 0.1) is 43.9 Å². The molecule has 1 saturated carbocycles. The van der Waals surface area contributed by atoms with Crippen molar-refractivity contribution in [1.29, 1.82) is 0 Å². The number of anilines is 2. The normalized spacial score (nSPS) is 21.1. The number of carbonyl (C=O) groups is 3. The topological polar surface area (TPSA) is 117 Å². The second-order valence-electron chi connectivity index (χ2n) is 10.1. The fraction of sp³-hybridized carbons (Fsp3) is 0.483. The summed E-state index contributed by atoms with van der Waals surface area (Å²) in [6.45, 7) is 3.11. The summed E-state index contributed by atoms with van der Waals surface area (Å²) in [4.78, 5) is 38.8. The Morgan fingerprint density at radius 1 is 1.00 bits per heavy atom. The van der Waals surface area contributed by atoms with E-state index in [2.05, 4.69) is 10.6 Å². The van der Waals surface area contributed by atoms with Gasteiger partial charge in [0, 0.05) is 12.2 Å². The fourth-order valence-electron chi connectivity index (χ4n) is 5.27. The molecule has 1 aliphatic heterocycles. The van der Waals surface area contributed by atoms with E-state index >= 15 is 0 Å². The monoisotopic (exact) mass is 523 g/mol. The van der Waals surface area contributed by atoms with Crippen LogP contribution in [0.25, 0.3) is 0 Å². The average molecular weight is 524 g/mol. The number of carboxylic acids is 1. The minimum atomic E-state index is -0.720. The molecule has 4 rings (SSSR count). The predicted octanol–water partition coefficient (Wildman–Crippen LogP) is 4.84. The third-order valence-electron chi connectivity index (χ3n) is 7.51.